The van der Waals surface area contributed by atoms with Gasteiger partial charge in [-0.3, -0.25) is 0 Å². The van der Waals surface area contributed by atoms with Crippen molar-refractivity contribution >= 4 is 15.9 Å². The fourth-order valence-corrected chi connectivity index (χ4v) is 2.61. The Kier molecular flexibility index (Phi) is 3.82. The van der Waals surface area contributed by atoms with Crippen LogP contribution >= 0.6 is 15.9 Å². The molecule has 0 aliphatic carbocycles. The molecule has 0 aromatic heterocycles. The second-order valence-electron chi connectivity index (χ2n) is 4.39. The van der Waals surface area contributed by atoms with Crippen LogP contribution in [0.5, 0.6) is 0 Å². The van der Waals surface area contributed by atoms with Crippen molar-refractivity contribution in [3.8, 4) is 0 Å². The molecule has 3 N–H and O–H groups in total. The van der Waals surface area contributed by atoms with Crippen LogP contribution in [0.4, 0.5) is 4.39 Å². The van der Waals surface area contributed by atoms with Gasteiger partial charge in [0.25, 0.3) is 0 Å². The molecule has 1 aromatic carbocycles. The molecule has 0 bridgehead atoms. The van der Waals surface area contributed by atoms with Crippen molar-refractivity contribution in [2.24, 2.45) is 11.7 Å². The van der Waals surface area contributed by atoms with E-state index in [1.165, 1.54) is 6.07 Å². The Labute approximate surface area is 108 Å². The second-order valence-corrected chi connectivity index (χ2v) is 5.30. The van der Waals surface area contributed by atoms with E-state index < -0.39 is 5.54 Å². The van der Waals surface area contributed by atoms with Crippen molar-refractivity contribution in [2.75, 3.05) is 19.8 Å². The van der Waals surface area contributed by atoms with Gasteiger partial charge in [0, 0.05) is 29.2 Å². The highest BCUT2D eigenvalue weighted by molar-refractivity contribution is 9.10. The lowest BCUT2D eigenvalue weighted by molar-refractivity contribution is -0.0244. The first-order chi connectivity index (χ1) is 8.08. The van der Waals surface area contributed by atoms with Crippen LogP contribution in [0.1, 0.15) is 12.0 Å². The zero-order valence-electron chi connectivity index (χ0n) is 9.33. The summed E-state index contributed by atoms with van der Waals surface area (Å²) in [5.74, 6) is -0.542. The monoisotopic (exact) mass is 303 g/mol. The van der Waals surface area contributed by atoms with Gasteiger partial charge in [0.05, 0.1) is 12.1 Å². The molecule has 2 atom stereocenters. The van der Waals surface area contributed by atoms with Gasteiger partial charge in [-0.15, -0.1) is 0 Å². The van der Waals surface area contributed by atoms with E-state index in [1.807, 2.05) is 0 Å². The molecule has 94 valence electrons. The zero-order valence-corrected chi connectivity index (χ0v) is 10.9. The second kappa shape index (κ2) is 5.02. The number of halogens is 2. The normalized spacial score (nSPS) is 29.3. The SMILES string of the molecule is N[C@@]1(c2cc(Br)ccc2F)COCC[C@H]1CO. The Bertz CT molecular complexity index is 415. The van der Waals surface area contributed by atoms with E-state index in [0.717, 1.165) is 4.47 Å². The quantitative estimate of drug-likeness (QED) is 0.875. The van der Waals surface area contributed by atoms with Gasteiger partial charge in [0.15, 0.2) is 0 Å². The summed E-state index contributed by atoms with van der Waals surface area (Å²) in [5, 5.41) is 9.38. The highest BCUT2D eigenvalue weighted by Gasteiger charge is 2.41. The lowest BCUT2D eigenvalue weighted by Gasteiger charge is -2.40. The number of aliphatic hydroxyl groups is 1. The number of rotatable bonds is 2. The van der Waals surface area contributed by atoms with Gasteiger partial charge in [-0.25, -0.2) is 4.39 Å². The van der Waals surface area contributed by atoms with E-state index in [1.54, 1.807) is 12.1 Å². The molecule has 1 aliphatic rings. The van der Waals surface area contributed by atoms with Gasteiger partial charge in [-0.05, 0) is 24.6 Å². The van der Waals surface area contributed by atoms with Crippen LogP contribution in [0.25, 0.3) is 0 Å². The maximum Gasteiger partial charge on any atom is 0.128 e. The number of aliphatic hydroxyl groups excluding tert-OH is 1. The van der Waals surface area contributed by atoms with Crippen LogP contribution in [-0.4, -0.2) is 24.9 Å². The summed E-state index contributed by atoms with van der Waals surface area (Å²) >= 11 is 3.30. The lowest BCUT2D eigenvalue weighted by Crippen LogP contribution is -2.53. The smallest absolute Gasteiger partial charge is 0.128 e. The number of nitrogens with two attached hydrogens (primary N) is 1. The molecule has 1 fully saturated rings. The summed E-state index contributed by atoms with van der Waals surface area (Å²) in [7, 11) is 0. The third-order valence-electron chi connectivity index (χ3n) is 3.33. The molecule has 17 heavy (non-hydrogen) atoms. The van der Waals surface area contributed by atoms with Crippen LogP contribution in [-0.2, 0) is 10.3 Å². The third kappa shape index (κ3) is 2.38. The maximum absolute atomic E-state index is 13.9. The highest BCUT2D eigenvalue weighted by Crippen LogP contribution is 2.35. The lowest BCUT2D eigenvalue weighted by atomic mass is 9.76. The van der Waals surface area contributed by atoms with Gasteiger partial charge in [-0.2, -0.15) is 0 Å². The van der Waals surface area contributed by atoms with E-state index in [4.69, 9.17) is 10.5 Å². The van der Waals surface area contributed by atoms with Crippen molar-refractivity contribution in [2.45, 2.75) is 12.0 Å². The molecule has 3 nitrogen and oxygen atoms in total. The maximum atomic E-state index is 13.9. The predicted molar refractivity (Wildman–Crippen MR) is 66.0 cm³/mol. The topological polar surface area (TPSA) is 55.5 Å². The zero-order chi connectivity index (χ0) is 12.5. The van der Waals surface area contributed by atoms with Crippen LogP contribution in [0.3, 0.4) is 0 Å². The van der Waals surface area contributed by atoms with Gasteiger partial charge in [0.2, 0.25) is 0 Å². The molecule has 0 radical (unpaired) electrons. The van der Waals surface area contributed by atoms with Gasteiger partial charge in [-0.1, -0.05) is 15.9 Å². The minimum absolute atomic E-state index is 0.0637. The average Bonchev–Trinajstić information content (AvgIpc) is 2.33. The predicted octanol–water partition coefficient (Wildman–Crippen LogP) is 1.77. The molecule has 0 amide bonds. The van der Waals surface area contributed by atoms with Crippen LogP contribution in [0.15, 0.2) is 22.7 Å². The van der Waals surface area contributed by atoms with Crippen LogP contribution in [0, 0.1) is 11.7 Å². The summed E-state index contributed by atoms with van der Waals surface area (Å²) in [4.78, 5) is 0. The summed E-state index contributed by atoms with van der Waals surface area (Å²) in [6.45, 7) is 0.719. The van der Waals surface area contributed by atoms with E-state index >= 15 is 0 Å². The summed E-state index contributed by atoms with van der Waals surface area (Å²) in [6, 6.07) is 4.66. The molecule has 1 aliphatic heterocycles. The first-order valence-electron chi connectivity index (χ1n) is 5.51. The molecule has 0 spiro atoms. The Morgan fingerprint density at radius 3 is 3.06 bits per heavy atom. The molecular formula is C12H15BrFNO2. The molecule has 0 saturated carbocycles. The van der Waals surface area contributed by atoms with Gasteiger partial charge >= 0.3 is 0 Å². The largest absolute Gasteiger partial charge is 0.396 e. The minimum Gasteiger partial charge on any atom is -0.396 e. The highest BCUT2D eigenvalue weighted by atomic mass is 79.9. The number of hydrogen-bond donors (Lipinski definition) is 2. The Morgan fingerprint density at radius 2 is 2.35 bits per heavy atom. The first kappa shape index (κ1) is 13.0. The van der Waals surface area contributed by atoms with Gasteiger partial charge in [0.1, 0.15) is 5.82 Å². The fourth-order valence-electron chi connectivity index (χ4n) is 2.25. The minimum atomic E-state index is -0.957. The van der Waals surface area contributed by atoms with Crippen molar-refractivity contribution < 1.29 is 14.2 Å². The summed E-state index contributed by atoms with van der Waals surface area (Å²) < 4.78 is 20.0. The Morgan fingerprint density at radius 1 is 1.59 bits per heavy atom. The molecule has 0 unspecified atom stereocenters. The number of hydrogen-bond acceptors (Lipinski definition) is 3. The molecule has 2 rings (SSSR count). The number of benzene rings is 1. The Hall–Kier alpha value is -0.490. The standard InChI is InChI=1S/C12H15BrFNO2/c13-9-1-2-11(14)10(5-9)12(15)7-17-4-3-8(12)6-16/h1-2,5,8,16H,3-4,6-7,15H2/t8-,12-/m0/s1. The van der Waals surface area contributed by atoms with Crippen LogP contribution < -0.4 is 5.73 Å². The van der Waals surface area contributed by atoms with Crippen LogP contribution in [0.2, 0.25) is 0 Å². The molecule has 1 heterocycles. The van der Waals surface area contributed by atoms with E-state index in [2.05, 4.69) is 15.9 Å². The van der Waals surface area contributed by atoms with Crippen molar-refractivity contribution in [3.63, 3.8) is 0 Å². The average molecular weight is 304 g/mol. The van der Waals surface area contributed by atoms with Gasteiger partial charge < -0.3 is 15.6 Å². The van der Waals surface area contributed by atoms with Crippen molar-refractivity contribution in [3.05, 3.63) is 34.1 Å². The fraction of sp³-hybridized carbons (Fsp3) is 0.500. The summed E-state index contributed by atoms with van der Waals surface area (Å²) in [6.07, 6.45) is 0.638. The molecule has 1 aromatic rings. The third-order valence-corrected chi connectivity index (χ3v) is 3.82. The molecule has 5 heteroatoms. The molecular weight excluding hydrogens is 289 g/mol. The first-order valence-corrected chi connectivity index (χ1v) is 6.30. The van der Waals surface area contributed by atoms with E-state index in [-0.39, 0.29) is 24.9 Å². The number of ether oxygens (including phenoxy) is 1. The Balaban J connectivity index is 2.44. The van der Waals surface area contributed by atoms with E-state index in [9.17, 15) is 9.50 Å². The molecule has 1 saturated heterocycles. The summed E-state index contributed by atoms with van der Waals surface area (Å²) in [5.41, 5.74) is 5.70. The van der Waals surface area contributed by atoms with Crippen molar-refractivity contribution in [1.29, 1.82) is 0 Å². The van der Waals surface area contributed by atoms with E-state index in [0.29, 0.717) is 18.6 Å². The van der Waals surface area contributed by atoms with Crippen molar-refractivity contribution in [1.82, 2.24) is 0 Å².